The molecule has 0 saturated carbocycles. The normalized spacial score (nSPS) is 8.55. The highest BCUT2D eigenvalue weighted by Crippen LogP contribution is 2.21. The Morgan fingerprint density at radius 1 is 1.15 bits per heavy atom. The molecule has 0 aliphatic carbocycles. The average molecular weight is 265 g/mol. The van der Waals surface area contributed by atoms with Crippen molar-refractivity contribution in [1.82, 2.24) is 5.32 Å². The number of anilines is 1. The number of hydrogen-bond acceptors (Lipinski definition) is 5. The van der Waals surface area contributed by atoms with Gasteiger partial charge in [0.2, 0.25) is 0 Å². The van der Waals surface area contributed by atoms with Gasteiger partial charge in [-0.15, -0.1) is 0 Å². The first kappa shape index (κ1) is 14.8. The summed E-state index contributed by atoms with van der Waals surface area (Å²) in [5, 5.41) is 31.7. The van der Waals surface area contributed by atoms with Gasteiger partial charge in [0, 0.05) is 18.3 Å². The third kappa shape index (κ3) is 2.93. The molecule has 6 nitrogen and oxygen atoms in total. The van der Waals surface area contributed by atoms with E-state index in [1.54, 1.807) is 43.3 Å². The first-order valence-corrected chi connectivity index (χ1v) is 5.62. The number of carbonyl (C=O) groups is 1. The molecule has 0 aliphatic rings. The number of allylic oxidation sites excluding steroid dienone is 2. The van der Waals surface area contributed by atoms with E-state index in [9.17, 15) is 4.79 Å². The Morgan fingerprint density at radius 3 is 2.30 bits per heavy atom. The molecule has 0 spiro atoms. The van der Waals surface area contributed by atoms with Gasteiger partial charge in [-0.25, -0.2) is 0 Å². The van der Waals surface area contributed by atoms with Crippen molar-refractivity contribution < 1.29 is 4.79 Å². The van der Waals surface area contributed by atoms with Gasteiger partial charge in [0.25, 0.3) is 5.91 Å². The SMILES string of the molecule is CNC(=O)c1cccc(NC(C#N)=C(C#N)C#N)c1C. The molecule has 0 bridgehead atoms. The largest absolute Gasteiger partial charge is 0.355 e. The molecular formula is C14H11N5O. The van der Waals surface area contributed by atoms with Crippen molar-refractivity contribution in [3.63, 3.8) is 0 Å². The molecule has 0 radical (unpaired) electrons. The second-order valence-corrected chi connectivity index (χ2v) is 3.77. The van der Waals surface area contributed by atoms with Gasteiger partial charge < -0.3 is 10.6 Å². The Morgan fingerprint density at radius 2 is 1.80 bits per heavy atom. The van der Waals surface area contributed by atoms with Crippen LogP contribution >= 0.6 is 0 Å². The van der Waals surface area contributed by atoms with Crippen LogP contribution in [-0.2, 0) is 0 Å². The van der Waals surface area contributed by atoms with Crippen molar-refractivity contribution in [3.05, 3.63) is 40.6 Å². The van der Waals surface area contributed by atoms with Gasteiger partial charge in [-0.2, -0.15) is 15.8 Å². The molecule has 0 saturated heterocycles. The minimum absolute atomic E-state index is 0.146. The molecule has 1 aromatic rings. The summed E-state index contributed by atoms with van der Waals surface area (Å²) in [6, 6.07) is 10.0. The van der Waals surface area contributed by atoms with Crippen molar-refractivity contribution >= 4 is 11.6 Å². The van der Waals surface area contributed by atoms with Crippen LogP contribution < -0.4 is 10.6 Å². The molecule has 0 aromatic heterocycles. The van der Waals surface area contributed by atoms with Crippen molar-refractivity contribution in [1.29, 1.82) is 15.8 Å². The third-order valence-corrected chi connectivity index (χ3v) is 2.65. The maximum atomic E-state index is 11.7. The zero-order chi connectivity index (χ0) is 15.1. The number of rotatable bonds is 3. The first-order valence-electron chi connectivity index (χ1n) is 5.62. The molecule has 6 heteroatoms. The van der Waals surface area contributed by atoms with Crippen molar-refractivity contribution in [3.8, 4) is 18.2 Å². The fraction of sp³-hybridized carbons (Fsp3) is 0.143. The molecule has 98 valence electrons. The molecule has 0 aliphatic heterocycles. The maximum Gasteiger partial charge on any atom is 0.251 e. The van der Waals surface area contributed by atoms with Crippen LogP contribution in [0.5, 0.6) is 0 Å². The third-order valence-electron chi connectivity index (χ3n) is 2.65. The van der Waals surface area contributed by atoms with Gasteiger partial charge in [0.1, 0.15) is 23.9 Å². The standard InChI is InChI=1S/C14H11N5O/c1-9-11(14(20)18-2)4-3-5-12(9)19-13(8-17)10(6-15)7-16/h3-5,19H,1-2H3,(H,18,20). The summed E-state index contributed by atoms with van der Waals surface area (Å²) < 4.78 is 0. The number of benzene rings is 1. The van der Waals surface area contributed by atoms with E-state index < -0.39 is 0 Å². The van der Waals surface area contributed by atoms with Gasteiger partial charge in [-0.05, 0) is 24.6 Å². The Hall–Kier alpha value is -3.30. The lowest BCUT2D eigenvalue weighted by molar-refractivity contribution is 0.0962. The molecule has 1 amide bonds. The Balaban J connectivity index is 3.29. The Labute approximate surface area is 116 Å². The highest BCUT2D eigenvalue weighted by atomic mass is 16.1. The molecule has 0 heterocycles. The van der Waals surface area contributed by atoms with Gasteiger partial charge in [0.05, 0.1) is 0 Å². The Bertz CT molecular complexity index is 682. The lowest BCUT2D eigenvalue weighted by atomic mass is 10.1. The second-order valence-electron chi connectivity index (χ2n) is 3.77. The Kier molecular flexibility index (Phi) is 4.86. The minimum Gasteiger partial charge on any atom is -0.355 e. The van der Waals surface area contributed by atoms with E-state index in [1.165, 1.54) is 7.05 Å². The highest BCUT2D eigenvalue weighted by molar-refractivity contribution is 5.97. The van der Waals surface area contributed by atoms with Crippen LogP contribution in [0.3, 0.4) is 0 Å². The molecule has 0 atom stereocenters. The van der Waals surface area contributed by atoms with Crippen LogP contribution in [0.1, 0.15) is 15.9 Å². The van der Waals surface area contributed by atoms with Gasteiger partial charge in [0.15, 0.2) is 5.57 Å². The van der Waals surface area contributed by atoms with Crippen molar-refractivity contribution in [2.45, 2.75) is 6.92 Å². The first-order chi connectivity index (χ1) is 9.58. The maximum absolute atomic E-state index is 11.7. The van der Waals surface area contributed by atoms with Gasteiger partial charge in [-0.1, -0.05) is 6.07 Å². The molecule has 0 fully saturated rings. The second kappa shape index (κ2) is 6.58. The van der Waals surface area contributed by atoms with Crippen LogP contribution in [0.15, 0.2) is 29.5 Å². The number of nitrogens with one attached hydrogen (secondary N) is 2. The quantitative estimate of drug-likeness (QED) is 0.806. The van der Waals surface area contributed by atoms with E-state index in [4.69, 9.17) is 15.8 Å². The van der Waals surface area contributed by atoms with Gasteiger partial charge >= 0.3 is 0 Å². The molecular weight excluding hydrogens is 254 g/mol. The molecule has 0 unspecified atom stereocenters. The smallest absolute Gasteiger partial charge is 0.251 e. The number of carbonyl (C=O) groups excluding carboxylic acids is 1. The summed E-state index contributed by atoms with van der Waals surface area (Å²) in [5.41, 5.74) is 1.11. The molecule has 1 rings (SSSR count). The van der Waals surface area contributed by atoms with E-state index in [0.717, 1.165) is 0 Å². The molecule has 2 N–H and O–H groups in total. The minimum atomic E-state index is -0.308. The van der Waals surface area contributed by atoms with E-state index in [2.05, 4.69) is 10.6 Å². The number of nitriles is 3. The fourth-order valence-electron chi connectivity index (χ4n) is 1.57. The van der Waals surface area contributed by atoms with Crippen LogP contribution in [0.4, 0.5) is 5.69 Å². The number of hydrogen-bond donors (Lipinski definition) is 2. The molecule has 20 heavy (non-hydrogen) atoms. The molecule has 1 aromatic carbocycles. The zero-order valence-electron chi connectivity index (χ0n) is 11.0. The van der Waals surface area contributed by atoms with Crippen molar-refractivity contribution in [2.24, 2.45) is 0 Å². The number of nitrogens with zero attached hydrogens (tertiary/aromatic N) is 3. The van der Waals surface area contributed by atoms with Crippen molar-refractivity contribution in [2.75, 3.05) is 12.4 Å². The summed E-state index contributed by atoms with van der Waals surface area (Å²) in [7, 11) is 1.52. The van der Waals surface area contributed by atoms with E-state index >= 15 is 0 Å². The highest BCUT2D eigenvalue weighted by Gasteiger charge is 2.12. The predicted octanol–water partition coefficient (Wildman–Crippen LogP) is 1.59. The lowest BCUT2D eigenvalue weighted by Crippen LogP contribution is -2.19. The van der Waals surface area contributed by atoms with Crippen LogP contribution in [-0.4, -0.2) is 13.0 Å². The predicted molar refractivity (Wildman–Crippen MR) is 72.1 cm³/mol. The average Bonchev–Trinajstić information content (AvgIpc) is 2.48. The summed E-state index contributed by atoms with van der Waals surface area (Å²) in [6.45, 7) is 1.71. The fourth-order valence-corrected chi connectivity index (χ4v) is 1.57. The van der Waals surface area contributed by atoms with E-state index in [0.29, 0.717) is 16.8 Å². The van der Waals surface area contributed by atoms with E-state index in [1.807, 2.05) is 0 Å². The summed E-state index contributed by atoms with van der Waals surface area (Å²) in [5.74, 6) is -0.255. The zero-order valence-corrected chi connectivity index (χ0v) is 11.0. The summed E-state index contributed by atoms with van der Waals surface area (Å²) in [6.07, 6.45) is 0. The monoisotopic (exact) mass is 265 g/mol. The van der Waals surface area contributed by atoms with Crippen LogP contribution in [0.25, 0.3) is 0 Å². The lowest BCUT2D eigenvalue weighted by Gasteiger charge is -2.11. The number of amides is 1. The topological polar surface area (TPSA) is 112 Å². The van der Waals surface area contributed by atoms with Crippen LogP contribution in [0, 0.1) is 40.9 Å². The van der Waals surface area contributed by atoms with E-state index in [-0.39, 0.29) is 17.2 Å². The summed E-state index contributed by atoms with van der Waals surface area (Å²) >= 11 is 0. The van der Waals surface area contributed by atoms with Gasteiger partial charge in [-0.3, -0.25) is 4.79 Å². The summed E-state index contributed by atoms with van der Waals surface area (Å²) in [4.78, 5) is 11.7. The van der Waals surface area contributed by atoms with Crippen LogP contribution in [0.2, 0.25) is 0 Å².